The lowest BCUT2D eigenvalue weighted by atomic mass is 10.5. The van der Waals surface area contributed by atoms with Gasteiger partial charge in [-0.05, 0) is 6.92 Å². The molecule has 0 bridgehead atoms. The Labute approximate surface area is 94.2 Å². The van der Waals surface area contributed by atoms with Crippen molar-refractivity contribution in [2.24, 2.45) is 0 Å². The Morgan fingerprint density at radius 3 is 2.81 bits per heavy atom. The van der Waals surface area contributed by atoms with Crippen LogP contribution in [0.15, 0.2) is 12.3 Å². The Balaban J connectivity index is 2.81. The summed E-state index contributed by atoms with van der Waals surface area (Å²) in [4.78, 5) is 21.1. The van der Waals surface area contributed by atoms with E-state index in [-0.39, 0.29) is 12.5 Å². The fraction of sp³-hybridized carbons (Fsp3) is 0.500. The van der Waals surface area contributed by atoms with Gasteiger partial charge in [0.1, 0.15) is 6.54 Å². The summed E-state index contributed by atoms with van der Waals surface area (Å²) >= 11 is 0. The van der Waals surface area contributed by atoms with Crippen LogP contribution in [-0.4, -0.2) is 43.2 Å². The number of rotatable bonds is 5. The van der Waals surface area contributed by atoms with Gasteiger partial charge in [0.05, 0.1) is 14.2 Å². The predicted octanol–water partition coefficient (Wildman–Crippen LogP) is 0.484. The normalized spacial score (nSPS) is 9.69. The van der Waals surface area contributed by atoms with E-state index in [1.807, 2.05) is 6.92 Å². The highest BCUT2D eigenvalue weighted by molar-refractivity contribution is 5.74. The molecule has 0 aliphatic heterocycles. The molecule has 0 saturated carbocycles. The maximum atomic E-state index is 11.2. The van der Waals surface area contributed by atoms with Crippen LogP contribution in [0.4, 0.5) is 5.95 Å². The summed E-state index contributed by atoms with van der Waals surface area (Å²) in [6.45, 7) is 2.65. The number of anilines is 1. The summed E-state index contributed by atoms with van der Waals surface area (Å²) in [7, 11) is 2.88. The Morgan fingerprint density at radius 2 is 2.25 bits per heavy atom. The molecular weight excluding hydrogens is 210 g/mol. The van der Waals surface area contributed by atoms with Gasteiger partial charge < -0.3 is 14.4 Å². The summed E-state index contributed by atoms with van der Waals surface area (Å²) in [6, 6.07) is 1.65. The first kappa shape index (κ1) is 12.2. The molecule has 0 fully saturated rings. The van der Waals surface area contributed by atoms with Crippen LogP contribution in [0.2, 0.25) is 0 Å². The molecule has 0 spiro atoms. The first-order valence-electron chi connectivity index (χ1n) is 4.90. The van der Waals surface area contributed by atoms with E-state index in [1.165, 1.54) is 14.2 Å². The summed E-state index contributed by atoms with van der Waals surface area (Å²) in [5.41, 5.74) is 0. The van der Waals surface area contributed by atoms with Crippen LogP contribution < -0.4 is 9.64 Å². The van der Waals surface area contributed by atoms with Crippen LogP contribution in [-0.2, 0) is 9.53 Å². The third-order valence-corrected chi connectivity index (χ3v) is 2.04. The molecule has 1 aromatic heterocycles. The van der Waals surface area contributed by atoms with Crippen molar-refractivity contribution in [3.05, 3.63) is 12.3 Å². The van der Waals surface area contributed by atoms with Crippen molar-refractivity contribution in [3.8, 4) is 5.88 Å². The summed E-state index contributed by atoms with van der Waals surface area (Å²) in [5.74, 6) is 0.592. The standard InChI is InChI=1S/C10H15N3O3/c1-4-13(7-9(14)16-3)10-11-6-5-8(12-10)15-2/h5-6H,4,7H2,1-3H3. The third-order valence-electron chi connectivity index (χ3n) is 2.04. The molecule has 0 amide bonds. The molecule has 0 radical (unpaired) electrons. The van der Waals surface area contributed by atoms with Gasteiger partial charge in [-0.2, -0.15) is 4.98 Å². The van der Waals surface area contributed by atoms with Crippen LogP contribution in [0, 0.1) is 0 Å². The lowest BCUT2D eigenvalue weighted by molar-refractivity contribution is -0.138. The summed E-state index contributed by atoms with van der Waals surface area (Å²) < 4.78 is 9.58. The van der Waals surface area contributed by atoms with Crippen molar-refractivity contribution < 1.29 is 14.3 Å². The highest BCUT2D eigenvalue weighted by atomic mass is 16.5. The SMILES string of the molecule is CCN(CC(=O)OC)c1nccc(OC)n1. The molecule has 1 aromatic rings. The number of nitrogens with zero attached hydrogens (tertiary/aromatic N) is 3. The Kier molecular flexibility index (Phi) is 4.50. The molecule has 6 heteroatoms. The van der Waals surface area contributed by atoms with Crippen LogP contribution in [0.25, 0.3) is 0 Å². The van der Waals surface area contributed by atoms with Gasteiger partial charge in [0.25, 0.3) is 0 Å². The smallest absolute Gasteiger partial charge is 0.325 e. The van der Waals surface area contributed by atoms with Crippen molar-refractivity contribution in [2.75, 3.05) is 32.2 Å². The van der Waals surface area contributed by atoms with Gasteiger partial charge in [0, 0.05) is 18.8 Å². The van der Waals surface area contributed by atoms with E-state index in [2.05, 4.69) is 14.7 Å². The van der Waals surface area contributed by atoms with E-state index in [0.29, 0.717) is 18.4 Å². The first-order chi connectivity index (χ1) is 7.71. The van der Waals surface area contributed by atoms with Gasteiger partial charge in [-0.1, -0.05) is 0 Å². The Bertz CT molecular complexity index is 357. The summed E-state index contributed by atoms with van der Waals surface area (Å²) in [5, 5.41) is 0. The van der Waals surface area contributed by atoms with Crippen LogP contribution in [0.5, 0.6) is 5.88 Å². The number of hydrogen-bond donors (Lipinski definition) is 0. The Morgan fingerprint density at radius 1 is 1.50 bits per heavy atom. The van der Waals surface area contributed by atoms with Gasteiger partial charge in [0.15, 0.2) is 0 Å². The van der Waals surface area contributed by atoms with Crippen molar-refractivity contribution in [2.45, 2.75) is 6.92 Å². The molecule has 0 saturated heterocycles. The number of hydrogen-bond acceptors (Lipinski definition) is 6. The topological polar surface area (TPSA) is 64.6 Å². The average Bonchev–Trinajstić information content (AvgIpc) is 2.35. The minimum Gasteiger partial charge on any atom is -0.481 e. The average molecular weight is 225 g/mol. The maximum Gasteiger partial charge on any atom is 0.325 e. The zero-order chi connectivity index (χ0) is 12.0. The monoisotopic (exact) mass is 225 g/mol. The van der Waals surface area contributed by atoms with Crippen LogP contribution >= 0.6 is 0 Å². The molecular formula is C10H15N3O3. The second kappa shape index (κ2) is 5.89. The first-order valence-corrected chi connectivity index (χ1v) is 4.90. The third kappa shape index (κ3) is 3.08. The number of carbonyl (C=O) groups is 1. The predicted molar refractivity (Wildman–Crippen MR) is 58.5 cm³/mol. The number of esters is 1. The van der Waals surface area contributed by atoms with Gasteiger partial charge in [-0.15, -0.1) is 0 Å². The number of likely N-dealkylation sites (N-methyl/N-ethyl adjacent to an activating group) is 1. The van der Waals surface area contributed by atoms with E-state index in [9.17, 15) is 4.79 Å². The fourth-order valence-corrected chi connectivity index (χ4v) is 1.14. The highest BCUT2D eigenvalue weighted by Gasteiger charge is 2.12. The van der Waals surface area contributed by atoms with E-state index < -0.39 is 0 Å². The molecule has 0 aliphatic carbocycles. The van der Waals surface area contributed by atoms with E-state index in [1.54, 1.807) is 17.2 Å². The molecule has 0 aliphatic rings. The van der Waals surface area contributed by atoms with Gasteiger partial charge in [-0.3, -0.25) is 4.79 Å². The second-order valence-electron chi connectivity index (χ2n) is 2.99. The zero-order valence-electron chi connectivity index (χ0n) is 9.64. The minimum absolute atomic E-state index is 0.125. The van der Waals surface area contributed by atoms with Gasteiger partial charge >= 0.3 is 5.97 Å². The lowest BCUT2D eigenvalue weighted by Gasteiger charge is -2.19. The quantitative estimate of drug-likeness (QED) is 0.679. The summed E-state index contributed by atoms with van der Waals surface area (Å²) in [6.07, 6.45) is 1.58. The maximum absolute atomic E-state index is 11.2. The van der Waals surface area contributed by atoms with Crippen molar-refractivity contribution in [1.29, 1.82) is 0 Å². The second-order valence-corrected chi connectivity index (χ2v) is 2.99. The number of aromatic nitrogens is 2. The van der Waals surface area contributed by atoms with Crippen molar-refractivity contribution >= 4 is 11.9 Å². The molecule has 1 heterocycles. The Hall–Kier alpha value is -1.85. The fourth-order valence-electron chi connectivity index (χ4n) is 1.14. The van der Waals surface area contributed by atoms with Gasteiger partial charge in [0.2, 0.25) is 11.8 Å². The van der Waals surface area contributed by atoms with E-state index in [0.717, 1.165) is 0 Å². The number of methoxy groups -OCH3 is 2. The highest BCUT2D eigenvalue weighted by Crippen LogP contribution is 2.11. The number of carbonyl (C=O) groups excluding carboxylic acids is 1. The lowest BCUT2D eigenvalue weighted by Crippen LogP contribution is -2.31. The number of ether oxygens (including phenoxy) is 2. The zero-order valence-corrected chi connectivity index (χ0v) is 9.64. The van der Waals surface area contributed by atoms with Crippen LogP contribution in [0.3, 0.4) is 0 Å². The molecule has 0 aromatic carbocycles. The minimum atomic E-state index is -0.326. The molecule has 0 atom stereocenters. The largest absolute Gasteiger partial charge is 0.481 e. The van der Waals surface area contributed by atoms with E-state index in [4.69, 9.17) is 4.74 Å². The van der Waals surface area contributed by atoms with E-state index >= 15 is 0 Å². The molecule has 1 rings (SSSR count). The van der Waals surface area contributed by atoms with Crippen LogP contribution in [0.1, 0.15) is 6.92 Å². The molecule has 0 unspecified atom stereocenters. The molecule has 16 heavy (non-hydrogen) atoms. The van der Waals surface area contributed by atoms with Gasteiger partial charge in [-0.25, -0.2) is 4.98 Å². The van der Waals surface area contributed by atoms with Crippen molar-refractivity contribution in [1.82, 2.24) is 9.97 Å². The molecule has 6 nitrogen and oxygen atoms in total. The molecule has 88 valence electrons. The van der Waals surface area contributed by atoms with Crippen molar-refractivity contribution in [3.63, 3.8) is 0 Å². The molecule has 0 N–H and O–H groups in total.